The molecule has 1 aliphatic rings. The van der Waals surface area contributed by atoms with Crippen molar-refractivity contribution in [2.45, 2.75) is 17.4 Å². The molecule has 1 aliphatic heterocycles. The van der Waals surface area contributed by atoms with Crippen molar-refractivity contribution in [3.63, 3.8) is 0 Å². The molecule has 9 heteroatoms. The molecule has 0 spiro atoms. The molecule has 1 atom stereocenters. The van der Waals surface area contributed by atoms with Crippen molar-refractivity contribution in [1.29, 1.82) is 0 Å². The van der Waals surface area contributed by atoms with Crippen LogP contribution < -0.4 is 18.9 Å². The van der Waals surface area contributed by atoms with E-state index in [1.165, 1.54) is 13.2 Å². The van der Waals surface area contributed by atoms with Gasteiger partial charge in [-0.3, -0.25) is 0 Å². The second kappa shape index (κ2) is 7.48. The van der Waals surface area contributed by atoms with E-state index in [0.29, 0.717) is 17.1 Å². The minimum absolute atomic E-state index is 0.0372. The van der Waals surface area contributed by atoms with E-state index in [4.69, 9.17) is 14.2 Å². The predicted molar refractivity (Wildman–Crippen MR) is 90.3 cm³/mol. The normalized spacial score (nSPS) is 14.3. The van der Waals surface area contributed by atoms with Crippen molar-refractivity contribution < 1.29 is 32.1 Å². The molecule has 2 N–H and O–H groups in total. The summed E-state index contributed by atoms with van der Waals surface area (Å²) in [5.74, 6) is 0.480. The molecule has 2 aromatic rings. The highest BCUT2D eigenvalue weighted by molar-refractivity contribution is 7.89. The van der Waals surface area contributed by atoms with E-state index in [9.17, 15) is 17.9 Å². The van der Waals surface area contributed by atoms with Crippen LogP contribution in [0, 0.1) is 5.82 Å². The molecular formula is C17H18FNO6S. The van der Waals surface area contributed by atoms with Crippen LogP contribution in [-0.2, 0) is 10.0 Å². The van der Waals surface area contributed by atoms with E-state index in [-0.39, 0.29) is 30.4 Å². The molecule has 0 bridgehead atoms. The van der Waals surface area contributed by atoms with Crippen molar-refractivity contribution >= 4 is 10.0 Å². The van der Waals surface area contributed by atoms with E-state index in [2.05, 4.69) is 4.72 Å². The highest BCUT2D eigenvalue weighted by Gasteiger charge is 2.21. The van der Waals surface area contributed by atoms with Gasteiger partial charge in [0.15, 0.2) is 11.5 Å². The van der Waals surface area contributed by atoms with Crippen LogP contribution in [0.25, 0.3) is 0 Å². The first-order valence-electron chi connectivity index (χ1n) is 7.81. The van der Waals surface area contributed by atoms with Gasteiger partial charge in [0.05, 0.1) is 13.2 Å². The molecule has 1 heterocycles. The lowest BCUT2D eigenvalue weighted by molar-refractivity contribution is 0.166. The topological polar surface area (TPSA) is 94.1 Å². The Bertz CT molecular complexity index is 902. The van der Waals surface area contributed by atoms with Gasteiger partial charge in [-0.2, -0.15) is 0 Å². The predicted octanol–water partition coefficient (Wildman–Crippen LogP) is 1.96. The Balaban J connectivity index is 1.64. The van der Waals surface area contributed by atoms with Crippen molar-refractivity contribution in [3.8, 4) is 17.2 Å². The Morgan fingerprint density at radius 2 is 2.00 bits per heavy atom. The second-order valence-corrected chi connectivity index (χ2v) is 7.35. The summed E-state index contributed by atoms with van der Waals surface area (Å²) >= 11 is 0. The van der Waals surface area contributed by atoms with E-state index in [0.717, 1.165) is 12.1 Å². The SMILES string of the molecule is COc1ccc(F)cc1S(=O)(=O)NCCC(O)c1ccc2c(c1)OCO2. The first-order chi connectivity index (χ1) is 12.4. The van der Waals surface area contributed by atoms with Gasteiger partial charge in [-0.05, 0) is 42.3 Å². The molecule has 0 fully saturated rings. The summed E-state index contributed by atoms with van der Waals surface area (Å²) in [6, 6.07) is 8.25. The standard InChI is InChI=1S/C17H18FNO6S/c1-23-15-5-3-12(18)9-17(15)26(21,22)19-7-6-13(20)11-2-4-14-16(8-11)25-10-24-14/h2-5,8-9,13,19-20H,6-7,10H2,1H3. The fourth-order valence-electron chi connectivity index (χ4n) is 2.56. The number of sulfonamides is 1. The molecule has 0 saturated carbocycles. The Morgan fingerprint density at radius 3 is 2.77 bits per heavy atom. The number of aliphatic hydroxyl groups excluding tert-OH is 1. The quantitative estimate of drug-likeness (QED) is 0.759. The molecule has 3 rings (SSSR count). The summed E-state index contributed by atoms with van der Waals surface area (Å²) in [5.41, 5.74) is 0.580. The number of aliphatic hydroxyl groups is 1. The third-order valence-corrected chi connectivity index (χ3v) is 5.39. The molecule has 0 aliphatic carbocycles. The van der Waals surface area contributed by atoms with Crippen LogP contribution in [0.15, 0.2) is 41.3 Å². The average Bonchev–Trinajstić information content (AvgIpc) is 3.09. The van der Waals surface area contributed by atoms with E-state index < -0.39 is 21.9 Å². The van der Waals surface area contributed by atoms with Gasteiger partial charge in [0.2, 0.25) is 16.8 Å². The molecule has 140 valence electrons. The zero-order valence-corrected chi connectivity index (χ0v) is 14.8. The number of halogens is 1. The first-order valence-corrected chi connectivity index (χ1v) is 9.30. The summed E-state index contributed by atoms with van der Waals surface area (Å²) in [4.78, 5) is -0.294. The van der Waals surface area contributed by atoms with Gasteiger partial charge in [0, 0.05) is 6.54 Å². The van der Waals surface area contributed by atoms with Crippen LogP contribution in [0.3, 0.4) is 0 Å². The van der Waals surface area contributed by atoms with Crippen LogP contribution in [-0.4, -0.2) is 34.0 Å². The van der Waals surface area contributed by atoms with Crippen molar-refractivity contribution in [1.82, 2.24) is 4.72 Å². The highest BCUT2D eigenvalue weighted by Crippen LogP contribution is 2.34. The molecule has 26 heavy (non-hydrogen) atoms. The van der Waals surface area contributed by atoms with E-state index >= 15 is 0 Å². The van der Waals surface area contributed by atoms with Crippen LogP contribution in [0.2, 0.25) is 0 Å². The molecule has 2 aromatic carbocycles. The van der Waals surface area contributed by atoms with Crippen LogP contribution in [0.1, 0.15) is 18.1 Å². The monoisotopic (exact) mass is 383 g/mol. The first kappa shape index (κ1) is 18.4. The fraction of sp³-hybridized carbons (Fsp3) is 0.294. The number of hydrogen-bond donors (Lipinski definition) is 2. The maximum absolute atomic E-state index is 13.4. The summed E-state index contributed by atoms with van der Waals surface area (Å²) in [6.07, 6.45) is -0.780. The summed E-state index contributed by atoms with van der Waals surface area (Å²) in [7, 11) is -2.68. The lowest BCUT2D eigenvalue weighted by Gasteiger charge is -2.14. The van der Waals surface area contributed by atoms with Crippen molar-refractivity contribution in [3.05, 3.63) is 47.8 Å². The number of ether oxygens (including phenoxy) is 3. The van der Waals surface area contributed by atoms with Crippen LogP contribution >= 0.6 is 0 Å². The number of methoxy groups -OCH3 is 1. The van der Waals surface area contributed by atoms with E-state index in [1.54, 1.807) is 18.2 Å². The molecule has 0 aromatic heterocycles. The largest absolute Gasteiger partial charge is 0.495 e. The molecular weight excluding hydrogens is 365 g/mol. The lowest BCUT2D eigenvalue weighted by Crippen LogP contribution is -2.26. The Kier molecular flexibility index (Phi) is 5.30. The van der Waals surface area contributed by atoms with Crippen molar-refractivity contribution in [2.75, 3.05) is 20.4 Å². The molecule has 1 unspecified atom stereocenters. The van der Waals surface area contributed by atoms with Gasteiger partial charge >= 0.3 is 0 Å². The van der Waals surface area contributed by atoms with Crippen LogP contribution in [0.4, 0.5) is 4.39 Å². The molecule has 0 amide bonds. The number of benzene rings is 2. The van der Waals surface area contributed by atoms with Crippen LogP contribution in [0.5, 0.6) is 17.2 Å². The van der Waals surface area contributed by atoms with Crippen molar-refractivity contribution in [2.24, 2.45) is 0 Å². The van der Waals surface area contributed by atoms with Gasteiger partial charge < -0.3 is 19.3 Å². The molecule has 0 saturated heterocycles. The summed E-state index contributed by atoms with van der Waals surface area (Å²) in [6.45, 7) is 0.0851. The van der Waals surface area contributed by atoms with Gasteiger partial charge in [-0.15, -0.1) is 0 Å². The number of rotatable bonds is 7. The van der Waals surface area contributed by atoms with Gasteiger partial charge in [0.1, 0.15) is 16.5 Å². The number of nitrogens with one attached hydrogen (secondary N) is 1. The maximum Gasteiger partial charge on any atom is 0.244 e. The number of hydrogen-bond acceptors (Lipinski definition) is 6. The molecule has 0 radical (unpaired) electrons. The third kappa shape index (κ3) is 3.90. The van der Waals surface area contributed by atoms with E-state index in [1.807, 2.05) is 0 Å². The smallest absolute Gasteiger partial charge is 0.244 e. The van der Waals surface area contributed by atoms with Gasteiger partial charge in [-0.1, -0.05) is 6.07 Å². The zero-order valence-electron chi connectivity index (χ0n) is 13.9. The minimum Gasteiger partial charge on any atom is -0.495 e. The Morgan fingerprint density at radius 1 is 1.23 bits per heavy atom. The third-order valence-electron chi connectivity index (χ3n) is 3.91. The second-order valence-electron chi connectivity index (χ2n) is 5.61. The summed E-state index contributed by atoms with van der Waals surface area (Å²) < 4.78 is 55.9. The highest BCUT2D eigenvalue weighted by atomic mass is 32.2. The Labute approximate surface area is 150 Å². The fourth-order valence-corrected chi connectivity index (χ4v) is 3.78. The lowest BCUT2D eigenvalue weighted by atomic mass is 10.1. The summed E-state index contributed by atoms with van der Waals surface area (Å²) in [5, 5.41) is 10.2. The zero-order chi connectivity index (χ0) is 18.7. The van der Waals surface area contributed by atoms with Gasteiger partial charge in [0.25, 0.3) is 0 Å². The maximum atomic E-state index is 13.4. The Hall–Kier alpha value is -2.36. The molecule has 7 nitrogen and oxygen atoms in total. The minimum atomic E-state index is -3.98. The number of fused-ring (bicyclic) bond motifs is 1. The average molecular weight is 383 g/mol. The van der Waals surface area contributed by atoms with Gasteiger partial charge in [-0.25, -0.2) is 17.5 Å².